The van der Waals surface area contributed by atoms with Crippen LogP contribution in [0.3, 0.4) is 0 Å². The molecular weight excluding hydrogens is 366 g/mol. The maximum Gasteiger partial charge on any atom is 0.253 e. The third-order valence-electron chi connectivity index (χ3n) is 6.58. The minimum Gasteiger partial charge on any atom is -0.381 e. The van der Waals surface area contributed by atoms with E-state index in [9.17, 15) is 4.79 Å². The van der Waals surface area contributed by atoms with Crippen LogP contribution >= 0.6 is 0 Å². The number of benzene rings is 1. The topological polar surface area (TPSA) is 60.4 Å². The van der Waals surface area contributed by atoms with E-state index in [0.717, 1.165) is 76.0 Å². The fraction of sp³-hybridized carbons (Fsp3) is 0.636. The number of rotatable bonds is 3. The van der Waals surface area contributed by atoms with Gasteiger partial charge in [0.05, 0.1) is 6.61 Å². The number of amides is 1. The van der Waals surface area contributed by atoms with Gasteiger partial charge in [-0.25, -0.2) is 0 Å². The molecule has 0 radical (unpaired) electrons. The summed E-state index contributed by atoms with van der Waals surface area (Å²) in [6.07, 6.45) is 2.33. The number of carbonyl (C=O) groups excluding carboxylic acids is 1. The summed E-state index contributed by atoms with van der Waals surface area (Å²) in [7, 11) is 3.94. The first-order valence-corrected chi connectivity index (χ1v) is 10.7. The number of likely N-dealkylation sites (N-methyl/N-ethyl adjacent to an activating group) is 1. The van der Waals surface area contributed by atoms with Gasteiger partial charge in [-0.05, 0) is 37.6 Å². The van der Waals surface area contributed by atoms with Crippen molar-refractivity contribution in [3.8, 4) is 0 Å². The number of piperazine rings is 1. The molecule has 0 aliphatic carbocycles. The number of aliphatic imine (C=N–C) groups is 1. The predicted molar refractivity (Wildman–Crippen MR) is 114 cm³/mol. The number of guanidine groups is 1. The van der Waals surface area contributed by atoms with Crippen molar-refractivity contribution in [2.75, 3.05) is 66.6 Å². The van der Waals surface area contributed by atoms with E-state index in [1.165, 1.54) is 6.42 Å². The van der Waals surface area contributed by atoms with Gasteiger partial charge < -0.3 is 24.8 Å². The summed E-state index contributed by atoms with van der Waals surface area (Å²) in [6.45, 7) is 8.01. The number of nitrogens with zero attached hydrogens (tertiary/aromatic N) is 4. The maximum atomic E-state index is 12.7. The zero-order valence-electron chi connectivity index (χ0n) is 17.7. The maximum absolute atomic E-state index is 12.7. The summed E-state index contributed by atoms with van der Waals surface area (Å²) in [4.78, 5) is 23.7. The van der Waals surface area contributed by atoms with E-state index in [2.05, 4.69) is 27.2 Å². The second kappa shape index (κ2) is 8.71. The number of nitrogens with one attached hydrogen (secondary N) is 1. The molecule has 3 saturated heterocycles. The molecule has 1 atom stereocenters. The van der Waals surface area contributed by atoms with Gasteiger partial charge in [0.15, 0.2) is 5.96 Å². The number of hydrogen-bond acceptors (Lipinski definition) is 4. The standard InChI is InChI=1S/C22H33N5O2/c1-23-21(27-9-7-22(16-27)8-14-29-17-22)24-15-18-3-5-19(6-4-18)20(28)26-12-10-25(2)11-13-26/h3-6H,7-17H2,1-2H3,(H,23,24). The highest BCUT2D eigenvalue weighted by molar-refractivity contribution is 5.94. The van der Waals surface area contributed by atoms with Crippen LogP contribution in [0, 0.1) is 5.41 Å². The summed E-state index contributed by atoms with van der Waals surface area (Å²) in [5.74, 6) is 1.08. The van der Waals surface area contributed by atoms with E-state index < -0.39 is 0 Å². The predicted octanol–water partition coefficient (Wildman–Crippen LogP) is 1.26. The molecular formula is C22H33N5O2. The highest BCUT2D eigenvalue weighted by Crippen LogP contribution is 2.38. The van der Waals surface area contributed by atoms with Crippen LogP contribution in [0.25, 0.3) is 0 Å². The van der Waals surface area contributed by atoms with E-state index in [0.29, 0.717) is 12.0 Å². The lowest BCUT2D eigenvalue weighted by molar-refractivity contribution is 0.0664. The molecule has 0 aromatic heterocycles. The van der Waals surface area contributed by atoms with E-state index in [1.807, 2.05) is 36.2 Å². The average Bonchev–Trinajstić information content (AvgIpc) is 3.39. The van der Waals surface area contributed by atoms with E-state index >= 15 is 0 Å². The molecule has 158 valence electrons. The minimum absolute atomic E-state index is 0.134. The Morgan fingerprint density at radius 3 is 2.52 bits per heavy atom. The van der Waals surface area contributed by atoms with E-state index in [4.69, 9.17) is 4.74 Å². The summed E-state index contributed by atoms with van der Waals surface area (Å²) in [5, 5.41) is 3.49. The number of hydrogen-bond donors (Lipinski definition) is 1. The van der Waals surface area contributed by atoms with E-state index in [1.54, 1.807) is 0 Å². The lowest BCUT2D eigenvalue weighted by Crippen LogP contribution is -2.47. The molecule has 7 heteroatoms. The smallest absolute Gasteiger partial charge is 0.253 e. The van der Waals surface area contributed by atoms with Crippen LogP contribution in [0.15, 0.2) is 29.3 Å². The molecule has 4 rings (SSSR count). The molecule has 0 bridgehead atoms. The molecule has 29 heavy (non-hydrogen) atoms. The van der Waals surface area contributed by atoms with Crippen LogP contribution < -0.4 is 5.32 Å². The van der Waals surface area contributed by atoms with Gasteiger partial charge in [0, 0.05) is 70.4 Å². The van der Waals surface area contributed by atoms with E-state index in [-0.39, 0.29) is 5.91 Å². The Balaban J connectivity index is 1.30. The second-order valence-electron chi connectivity index (χ2n) is 8.67. The molecule has 3 fully saturated rings. The number of likely N-dealkylation sites (tertiary alicyclic amines) is 1. The van der Waals surface area contributed by atoms with Crippen molar-refractivity contribution in [2.45, 2.75) is 19.4 Å². The van der Waals surface area contributed by atoms with Crippen molar-refractivity contribution in [2.24, 2.45) is 10.4 Å². The van der Waals surface area contributed by atoms with Gasteiger partial charge in [-0.1, -0.05) is 12.1 Å². The molecule has 1 spiro atoms. The number of ether oxygens (including phenoxy) is 1. The largest absolute Gasteiger partial charge is 0.381 e. The fourth-order valence-corrected chi connectivity index (χ4v) is 4.56. The fourth-order valence-electron chi connectivity index (χ4n) is 4.56. The van der Waals surface area contributed by atoms with Gasteiger partial charge >= 0.3 is 0 Å². The first kappa shape index (κ1) is 20.2. The summed E-state index contributed by atoms with van der Waals surface area (Å²) >= 11 is 0. The molecule has 1 unspecified atom stereocenters. The molecule has 1 aromatic carbocycles. The second-order valence-corrected chi connectivity index (χ2v) is 8.67. The first-order chi connectivity index (χ1) is 14.1. The van der Waals surface area contributed by atoms with Crippen LogP contribution in [0.2, 0.25) is 0 Å². The molecule has 1 N–H and O–H groups in total. The lowest BCUT2D eigenvalue weighted by Gasteiger charge is -2.32. The first-order valence-electron chi connectivity index (χ1n) is 10.7. The van der Waals surface area contributed by atoms with Gasteiger partial charge in [-0.3, -0.25) is 9.79 Å². The van der Waals surface area contributed by atoms with Crippen LogP contribution in [0.1, 0.15) is 28.8 Å². The van der Waals surface area contributed by atoms with Crippen LogP contribution in [-0.4, -0.2) is 93.1 Å². The SMILES string of the molecule is CN=C(NCc1ccc(C(=O)N2CCN(C)CC2)cc1)N1CCC2(CCOC2)C1. The van der Waals surface area contributed by atoms with Crippen LogP contribution in [-0.2, 0) is 11.3 Å². The van der Waals surface area contributed by atoms with Crippen molar-refractivity contribution in [3.05, 3.63) is 35.4 Å². The lowest BCUT2D eigenvalue weighted by atomic mass is 9.87. The minimum atomic E-state index is 0.134. The molecule has 7 nitrogen and oxygen atoms in total. The monoisotopic (exact) mass is 399 g/mol. The van der Waals surface area contributed by atoms with Gasteiger partial charge in [0.25, 0.3) is 5.91 Å². The summed E-state index contributed by atoms with van der Waals surface area (Å²) in [6, 6.07) is 7.97. The Morgan fingerprint density at radius 2 is 1.86 bits per heavy atom. The van der Waals surface area contributed by atoms with Gasteiger partial charge in [0.2, 0.25) is 0 Å². The van der Waals surface area contributed by atoms with Gasteiger partial charge in [0.1, 0.15) is 0 Å². The van der Waals surface area contributed by atoms with Crippen LogP contribution in [0.5, 0.6) is 0 Å². The van der Waals surface area contributed by atoms with Crippen molar-refractivity contribution < 1.29 is 9.53 Å². The third kappa shape index (κ3) is 4.56. The highest BCUT2D eigenvalue weighted by atomic mass is 16.5. The third-order valence-corrected chi connectivity index (χ3v) is 6.58. The highest BCUT2D eigenvalue weighted by Gasteiger charge is 2.42. The average molecular weight is 400 g/mol. The van der Waals surface area contributed by atoms with Crippen molar-refractivity contribution in [1.82, 2.24) is 20.0 Å². The van der Waals surface area contributed by atoms with Crippen molar-refractivity contribution in [1.29, 1.82) is 0 Å². The molecule has 3 aliphatic rings. The molecule has 1 amide bonds. The Morgan fingerprint density at radius 1 is 1.10 bits per heavy atom. The molecule has 1 aromatic rings. The Hall–Kier alpha value is -2.12. The van der Waals surface area contributed by atoms with Crippen molar-refractivity contribution >= 4 is 11.9 Å². The normalized spacial score (nSPS) is 25.8. The Labute approximate surface area is 173 Å². The molecule has 3 aliphatic heterocycles. The van der Waals surface area contributed by atoms with Gasteiger partial charge in [-0.2, -0.15) is 0 Å². The molecule has 0 saturated carbocycles. The van der Waals surface area contributed by atoms with Gasteiger partial charge in [-0.15, -0.1) is 0 Å². The van der Waals surface area contributed by atoms with Crippen LogP contribution in [0.4, 0.5) is 0 Å². The zero-order chi connectivity index (χ0) is 20.3. The Bertz CT molecular complexity index is 734. The zero-order valence-corrected chi connectivity index (χ0v) is 17.7. The quantitative estimate of drug-likeness (QED) is 0.613. The summed E-state index contributed by atoms with van der Waals surface area (Å²) in [5.41, 5.74) is 2.24. The number of carbonyl (C=O) groups is 1. The summed E-state index contributed by atoms with van der Waals surface area (Å²) < 4.78 is 5.63. The van der Waals surface area contributed by atoms with Crippen molar-refractivity contribution in [3.63, 3.8) is 0 Å². The molecule has 3 heterocycles. The Kier molecular flexibility index (Phi) is 6.06.